The van der Waals surface area contributed by atoms with Crippen molar-refractivity contribution in [3.8, 4) is 5.75 Å². The van der Waals surface area contributed by atoms with Gasteiger partial charge in [0.2, 0.25) is 5.91 Å². The van der Waals surface area contributed by atoms with Gasteiger partial charge in [-0.05, 0) is 37.6 Å². The third-order valence-electron chi connectivity index (χ3n) is 3.70. The standard InChI is InChI=1S/C18H19N3O5/c1-11-7-8-15(26-3)14(9-11)20-16(22)10-19-18(23)13-6-4-5-12(2)17(13)21(24)25/h4-9H,10H2,1-3H3,(H,19,23)(H,20,22). The molecule has 8 nitrogen and oxygen atoms in total. The molecule has 0 atom stereocenters. The SMILES string of the molecule is COc1ccc(C)cc1NC(=O)CNC(=O)c1cccc(C)c1[N+](=O)[O-]. The number of ether oxygens (including phenoxy) is 1. The zero-order valence-corrected chi connectivity index (χ0v) is 14.7. The van der Waals surface area contributed by atoms with Gasteiger partial charge in [0.05, 0.1) is 24.3 Å². The summed E-state index contributed by atoms with van der Waals surface area (Å²) in [5, 5.41) is 16.2. The molecule has 0 aliphatic heterocycles. The molecule has 0 unspecified atom stereocenters. The van der Waals surface area contributed by atoms with E-state index in [0.29, 0.717) is 17.0 Å². The number of hydrogen-bond donors (Lipinski definition) is 2. The van der Waals surface area contributed by atoms with Crippen molar-refractivity contribution >= 4 is 23.2 Å². The van der Waals surface area contributed by atoms with Crippen molar-refractivity contribution in [2.24, 2.45) is 0 Å². The summed E-state index contributed by atoms with van der Waals surface area (Å²) < 4.78 is 5.17. The maximum atomic E-state index is 12.2. The predicted octanol–water partition coefficient (Wildman–Crippen LogP) is 2.59. The van der Waals surface area contributed by atoms with Crippen molar-refractivity contribution in [1.29, 1.82) is 0 Å². The summed E-state index contributed by atoms with van der Waals surface area (Å²) in [6.07, 6.45) is 0. The minimum atomic E-state index is -0.688. The van der Waals surface area contributed by atoms with Crippen molar-refractivity contribution in [3.05, 3.63) is 63.2 Å². The first-order valence-corrected chi connectivity index (χ1v) is 7.80. The van der Waals surface area contributed by atoms with Crippen LogP contribution in [0.4, 0.5) is 11.4 Å². The van der Waals surface area contributed by atoms with Gasteiger partial charge in [0, 0.05) is 5.56 Å². The van der Waals surface area contributed by atoms with Crippen molar-refractivity contribution in [1.82, 2.24) is 5.32 Å². The fourth-order valence-electron chi connectivity index (χ4n) is 2.45. The van der Waals surface area contributed by atoms with Crippen LogP contribution in [0.15, 0.2) is 36.4 Å². The molecular weight excluding hydrogens is 338 g/mol. The van der Waals surface area contributed by atoms with Gasteiger partial charge in [-0.3, -0.25) is 19.7 Å². The van der Waals surface area contributed by atoms with Gasteiger partial charge >= 0.3 is 0 Å². The molecule has 2 aromatic carbocycles. The van der Waals surface area contributed by atoms with Crippen LogP contribution in [0.3, 0.4) is 0 Å². The zero-order chi connectivity index (χ0) is 19.3. The number of hydrogen-bond acceptors (Lipinski definition) is 5. The van der Waals surface area contributed by atoms with Crippen molar-refractivity contribution < 1.29 is 19.2 Å². The van der Waals surface area contributed by atoms with Crippen molar-refractivity contribution in [2.45, 2.75) is 13.8 Å². The third kappa shape index (κ3) is 4.35. The fourth-order valence-corrected chi connectivity index (χ4v) is 2.45. The number of methoxy groups -OCH3 is 1. The Morgan fingerprint density at radius 1 is 1.19 bits per heavy atom. The molecule has 26 heavy (non-hydrogen) atoms. The molecule has 8 heteroatoms. The first-order chi connectivity index (χ1) is 12.3. The van der Waals surface area contributed by atoms with Crippen LogP contribution in [0.1, 0.15) is 21.5 Å². The molecule has 2 rings (SSSR count). The molecule has 0 bridgehead atoms. The van der Waals surface area contributed by atoms with Gasteiger partial charge in [-0.2, -0.15) is 0 Å². The number of rotatable bonds is 6. The number of carbonyl (C=O) groups excluding carboxylic acids is 2. The van der Waals surface area contributed by atoms with Crippen molar-refractivity contribution in [2.75, 3.05) is 19.0 Å². The second-order valence-electron chi connectivity index (χ2n) is 5.66. The second-order valence-corrected chi connectivity index (χ2v) is 5.66. The average molecular weight is 357 g/mol. The molecule has 0 aliphatic rings. The van der Waals surface area contributed by atoms with Gasteiger partial charge in [0.1, 0.15) is 11.3 Å². The number of carbonyl (C=O) groups is 2. The number of nitro groups is 1. The number of benzene rings is 2. The quantitative estimate of drug-likeness (QED) is 0.610. The lowest BCUT2D eigenvalue weighted by atomic mass is 10.1. The summed E-state index contributed by atoms with van der Waals surface area (Å²) in [4.78, 5) is 34.9. The van der Waals surface area contributed by atoms with E-state index in [0.717, 1.165) is 5.56 Å². The van der Waals surface area contributed by atoms with Crippen LogP contribution >= 0.6 is 0 Å². The van der Waals surface area contributed by atoms with Gasteiger partial charge in [0.25, 0.3) is 11.6 Å². The molecule has 2 N–H and O–H groups in total. The number of anilines is 1. The molecule has 2 aromatic rings. The van der Waals surface area contributed by atoms with Crippen LogP contribution in [-0.2, 0) is 4.79 Å². The van der Waals surface area contributed by atoms with Gasteiger partial charge in [0.15, 0.2) is 0 Å². The number of nitro benzene ring substituents is 1. The van der Waals surface area contributed by atoms with E-state index in [9.17, 15) is 19.7 Å². The largest absolute Gasteiger partial charge is 0.495 e. The van der Waals surface area contributed by atoms with E-state index in [1.54, 1.807) is 31.2 Å². The lowest BCUT2D eigenvalue weighted by Crippen LogP contribution is -2.33. The highest BCUT2D eigenvalue weighted by molar-refractivity contribution is 6.02. The number of amides is 2. The summed E-state index contributed by atoms with van der Waals surface area (Å²) in [6.45, 7) is 3.08. The van der Waals surface area contributed by atoms with Gasteiger partial charge in [-0.25, -0.2) is 0 Å². The monoisotopic (exact) mass is 357 g/mol. The summed E-state index contributed by atoms with van der Waals surface area (Å²) in [6, 6.07) is 9.75. The second kappa shape index (κ2) is 8.11. The Balaban J connectivity index is 2.07. The summed E-state index contributed by atoms with van der Waals surface area (Å²) >= 11 is 0. The van der Waals surface area contributed by atoms with Crippen LogP contribution in [0.2, 0.25) is 0 Å². The molecule has 0 fully saturated rings. The molecular formula is C18H19N3O5. The van der Waals surface area contributed by atoms with E-state index >= 15 is 0 Å². The summed E-state index contributed by atoms with van der Waals surface area (Å²) in [5.74, 6) is -0.672. The molecule has 0 heterocycles. The molecule has 0 aliphatic carbocycles. The van der Waals surface area contributed by atoms with Gasteiger partial charge in [-0.15, -0.1) is 0 Å². The van der Waals surface area contributed by atoms with Crippen LogP contribution in [0, 0.1) is 24.0 Å². The minimum Gasteiger partial charge on any atom is -0.495 e. The maximum Gasteiger partial charge on any atom is 0.285 e. The van der Waals surface area contributed by atoms with Crippen LogP contribution < -0.4 is 15.4 Å². The Hall–Kier alpha value is -3.42. The Morgan fingerprint density at radius 2 is 1.92 bits per heavy atom. The highest BCUT2D eigenvalue weighted by Crippen LogP contribution is 2.25. The molecule has 0 radical (unpaired) electrons. The van der Waals surface area contributed by atoms with Crippen LogP contribution in [-0.4, -0.2) is 30.4 Å². The topological polar surface area (TPSA) is 111 Å². The smallest absolute Gasteiger partial charge is 0.285 e. The molecule has 2 amide bonds. The number of para-hydroxylation sites is 1. The lowest BCUT2D eigenvalue weighted by molar-refractivity contribution is -0.385. The average Bonchev–Trinajstić information content (AvgIpc) is 2.59. The Labute approximate surface area is 150 Å². The first-order valence-electron chi connectivity index (χ1n) is 7.80. The van der Waals surface area contributed by atoms with E-state index in [1.807, 2.05) is 13.0 Å². The molecule has 0 saturated heterocycles. The van der Waals surface area contributed by atoms with E-state index in [4.69, 9.17) is 4.74 Å². The maximum absolute atomic E-state index is 12.2. The normalized spacial score (nSPS) is 10.1. The Kier molecular flexibility index (Phi) is 5.90. The molecule has 0 aromatic heterocycles. The highest BCUT2D eigenvalue weighted by Gasteiger charge is 2.22. The number of nitrogens with zero attached hydrogens (tertiary/aromatic N) is 1. The van der Waals surface area contributed by atoms with E-state index < -0.39 is 16.7 Å². The van der Waals surface area contributed by atoms with E-state index in [-0.39, 0.29) is 17.8 Å². The summed E-state index contributed by atoms with van der Waals surface area (Å²) in [5.41, 5.74) is 1.42. The third-order valence-corrected chi connectivity index (χ3v) is 3.70. The first kappa shape index (κ1) is 18.9. The Morgan fingerprint density at radius 3 is 2.58 bits per heavy atom. The zero-order valence-electron chi connectivity index (χ0n) is 14.7. The fraction of sp³-hybridized carbons (Fsp3) is 0.222. The van der Waals surface area contributed by atoms with Crippen LogP contribution in [0.5, 0.6) is 5.75 Å². The van der Waals surface area contributed by atoms with E-state index in [1.165, 1.54) is 13.2 Å². The lowest BCUT2D eigenvalue weighted by Gasteiger charge is -2.11. The predicted molar refractivity (Wildman–Crippen MR) is 96.5 cm³/mol. The molecule has 136 valence electrons. The van der Waals surface area contributed by atoms with Gasteiger partial charge < -0.3 is 15.4 Å². The molecule has 0 spiro atoms. The number of aryl methyl sites for hydroxylation is 2. The highest BCUT2D eigenvalue weighted by atomic mass is 16.6. The van der Waals surface area contributed by atoms with Gasteiger partial charge in [-0.1, -0.05) is 18.2 Å². The molecule has 0 saturated carbocycles. The number of nitrogens with one attached hydrogen (secondary N) is 2. The van der Waals surface area contributed by atoms with Crippen LogP contribution in [0.25, 0.3) is 0 Å². The van der Waals surface area contributed by atoms with E-state index in [2.05, 4.69) is 10.6 Å². The summed E-state index contributed by atoms with van der Waals surface area (Å²) in [7, 11) is 1.49. The van der Waals surface area contributed by atoms with Crippen molar-refractivity contribution in [3.63, 3.8) is 0 Å². The Bertz CT molecular complexity index is 864. The minimum absolute atomic E-state index is 0.0871.